The molecule has 0 fully saturated rings. The maximum absolute atomic E-state index is 12.7. The molecule has 9 heteroatoms. The summed E-state index contributed by atoms with van der Waals surface area (Å²) in [6.07, 6.45) is 0.639. The van der Waals surface area contributed by atoms with Crippen molar-refractivity contribution in [2.75, 3.05) is 11.3 Å². The summed E-state index contributed by atoms with van der Waals surface area (Å²) in [5, 5.41) is 13.7. The number of rotatable bonds is 8. The highest BCUT2D eigenvalue weighted by Gasteiger charge is 2.20. The molecular formula is C22H21N3O5S. The lowest BCUT2D eigenvalue weighted by Crippen LogP contribution is -2.27. The van der Waals surface area contributed by atoms with Crippen molar-refractivity contribution in [2.45, 2.75) is 18.2 Å². The topological polar surface area (TPSA) is 118 Å². The highest BCUT2D eigenvalue weighted by Crippen LogP contribution is 2.23. The quantitative estimate of drug-likeness (QED) is 0.410. The molecule has 3 aromatic rings. The number of non-ortho nitro benzene ring substituents is 1. The fraction of sp³-hybridized carbons (Fsp3) is 0.136. The van der Waals surface area contributed by atoms with Crippen molar-refractivity contribution in [3.63, 3.8) is 0 Å². The minimum Gasteiger partial charge on any atom is -0.352 e. The van der Waals surface area contributed by atoms with Crippen LogP contribution in [0.5, 0.6) is 0 Å². The van der Waals surface area contributed by atoms with Gasteiger partial charge in [-0.15, -0.1) is 0 Å². The zero-order valence-electron chi connectivity index (χ0n) is 16.7. The van der Waals surface area contributed by atoms with Crippen molar-refractivity contribution in [1.82, 2.24) is 5.32 Å². The molecule has 3 aromatic carbocycles. The Morgan fingerprint density at radius 2 is 1.71 bits per heavy atom. The number of nitro groups is 1. The highest BCUT2D eigenvalue weighted by atomic mass is 32.2. The molecule has 31 heavy (non-hydrogen) atoms. The van der Waals surface area contributed by atoms with E-state index in [0.29, 0.717) is 13.0 Å². The SMILES string of the molecule is Cc1ccccc1CCNC(=O)c1ccccc1NS(=O)(=O)c1cccc([N+](=O)[O-])c1. The Morgan fingerprint density at radius 1 is 1.00 bits per heavy atom. The Labute approximate surface area is 180 Å². The van der Waals surface area contributed by atoms with Crippen LogP contribution >= 0.6 is 0 Å². The van der Waals surface area contributed by atoms with E-state index in [9.17, 15) is 23.3 Å². The van der Waals surface area contributed by atoms with Gasteiger partial charge in [-0.3, -0.25) is 19.6 Å². The zero-order chi connectivity index (χ0) is 22.4. The standard InChI is InChI=1S/C22H21N3O5S/c1-16-7-2-3-8-17(16)13-14-23-22(26)20-11-4-5-12-21(20)24-31(29,30)19-10-6-9-18(15-19)25(27)28/h2-12,15,24H,13-14H2,1H3,(H,23,26). The molecule has 0 saturated heterocycles. The molecule has 0 bridgehead atoms. The predicted molar refractivity (Wildman–Crippen MR) is 118 cm³/mol. The minimum atomic E-state index is -4.13. The Hall–Kier alpha value is -3.72. The Bertz CT molecular complexity index is 1230. The van der Waals surface area contributed by atoms with Gasteiger partial charge in [-0.2, -0.15) is 0 Å². The first-order chi connectivity index (χ1) is 14.8. The van der Waals surface area contributed by atoms with E-state index < -0.39 is 20.9 Å². The molecule has 0 heterocycles. The number of carbonyl (C=O) groups is 1. The number of benzene rings is 3. The number of nitrogens with one attached hydrogen (secondary N) is 2. The molecule has 0 spiro atoms. The second-order valence-corrected chi connectivity index (χ2v) is 8.52. The van der Waals surface area contributed by atoms with Crippen LogP contribution in [0.3, 0.4) is 0 Å². The summed E-state index contributed by atoms with van der Waals surface area (Å²) in [5.74, 6) is -0.425. The molecule has 0 aliphatic carbocycles. The van der Waals surface area contributed by atoms with E-state index in [-0.39, 0.29) is 21.8 Å². The number of para-hydroxylation sites is 1. The fourth-order valence-corrected chi connectivity index (χ4v) is 4.15. The number of hydrogen-bond acceptors (Lipinski definition) is 5. The lowest BCUT2D eigenvalue weighted by Gasteiger charge is -2.13. The summed E-state index contributed by atoms with van der Waals surface area (Å²) in [6, 6.07) is 18.8. The lowest BCUT2D eigenvalue weighted by molar-refractivity contribution is -0.385. The first-order valence-corrected chi connectivity index (χ1v) is 11.0. The minimum absolute atomic E-state index is 0.0856. The third kappa shape index (κ3) is 5.46. The average Bonchev–Trinajstić information content (AvgIpc) is 2.75. The smallest absolute Gasteiger partial charge is 0.270 e. The van der Waals surface area contributed by atoms with Gasteiger partial charge in [0.2, 0.25) is 0 Å². The third-order valence-electron chi connectivity index (χ3n) is 4.70. The zero-order valence-corrected chi connectivity index (χ0v) is 17.6. The third-order valence-corrected chi connectivity index (χ3v) is 6.06. The van der Waals surface area contributed by atoms with E-state index in [4.69, 9.17) is 0 Å². The molecular weight excluding hydrogens is 418 g/mol. The predicted octanol–water partition coefficient (Wildman–Crippen LogP) is 3.68. The van der Waals surface area contributed by atoms with Gasteiger partial charge < -0.3 is 5.32 Å². The van der Waals surface area contributed by atoms with Gasteiger partial charge in [-0.25, -0.2) is 8.42 Å². The van der Waals surface area contributed by atoms with E-state index in [1.807, 2.05) is 31.2 Å². The summed E-state index contributed by atoms with van der Waals surface area (Å²) in [6.45, 7) is 2.38. The second kappa shape index (κ2) is 9.40. The molecule has 0 saturated carbocycles. The molecule has 0 radical (unpaired) electrons. The number of nitrogens with zero attached hydrogens (tertiary/aromatic N) is 1. The Balaban J connectivity index is 1.75. The van der Waals surface area contributed by atoms with Crippen LogP contribution in [0.2, 0.25) is 0 Å². The number of hydrogen-bond donors (Lipinski definition) is 2. The Kier molecular flexibility index (Phi) is 6.66. The normalized spacial score (nSPS) is 11.0. The van der Waals surface area contributed by atoms with Crippen LogP contribution in [-0.4, -0.2) is 25.8 Å². The average molecular weight is 439 g/mol. The largest absolute Gasteiger partial charge is 0.352 e. The van der Waals surface area contributed by atoms with E-state index in [1.165, 1.54) is 30.3 Å². The van der Waals surface area contributed by atoms with Crippen molar-refractivity contribution < 1.29 is 18.1 Å². The number of amides is 1. The van der Waals surface area contributed by atoms with Gasteiger partial charge in [0.25, 0.3) is 21.6 Å². The number of anilines is 1. The molecule has 0 aromatic heterocycles. The number of carbonyl (C=O) groups excluding carboxylic acids is 1. The van der Waals surface area contributed by atoms with Crippen LogP contribution in [0.4, 0.5) is 11.4 Å². The van der Waals surface area contributed by atoms with Crippen LogP contribution in [0.25, 0.3) is 0 Å². The summed E-state index contributed by atoms with van der Waals surface area (Å²) in [4.78, 5) is 22.7. The van der Waals surface area contributed by atoms with Gasteiger partial charge in [-0.1, -0.05) is 42.5 Å². The molecule has 2 N–H and O–H groups in total. The van der Waals surface area contributed by atoms with Crippen LogP contribution in [0, 0.1) is 17.0 Å². The van der Waals surface area contributed by atoms with Gasteiger partial charge >= 0.3 is 0 Å². The molecule has 0 aliphatic rings. The van der Waals surface area contributed by atoms with Crippen molar-refractivity contribution in [3.8, 4) is 0 Å². The van der Waals surface area contributed by atoms with Crippen LogP contribution in [0.15, 0.2) is 77.7 Å². The number of nitro benzene ring substituents is 1. The summed E-state index contributed by atoms with van der Waals surface area (Å²) >= 11 is 0. The van der Waals surface area contributed by atoms with Gasteiger partial charge in [0.05, 0.1) is 21.1 Å². The van der Waals surface area contributed by atoms with Crippen molar-refractivity contribution in [2.24, 2.45) is 0 Å². The van der Waals surface area contributed by atoms with E-state index in [1.54, 1.807) is 12.1 Å². The molecule has 3 rings (SSSR count). The van der Waals surface area contributed by atoms with Gasteiger partial charge in [0.15, 0.2) is 0 Å². The summed E-state index contributed by atoms with van der Waals surface area (Å²) in [5.41, 5.74) is 2.14. The lowest BCUT2D eigenvalue weighted by atomic mass is 10.1. The molecule has 1 amide bonds. The van der Waals surface area contributed by atoms with Crippen molar-refractivity contribution in [3.05, 3.63) is 99.6 Å². The van der Waals surface area contributed by atoms with Gasteiger partial charge in [-0.05, 0) is 42.7 Å². The second-order valence-electron chi connectivity index (χ2n) is 6.84. The summed E-state index contributed by atoms with van der Waals surface area (Å²) < 4.78 is 27.8. The highest BCUT2D eigenvalue weighted by molar-refractivity contribution is 7.92. The molecule has 160 valence electrons. The van der Waals surface area contributed by atoms with E-state index in [0.717, 1.165) is 17.2 Å². The van der Waals surface area contributed by atoms with E-state index >= 15 is 0 Å². The first-order valence-electron chi connectivity index (χ1n) is 9.47. The summed E-state index contributed by atoms with van der Waals surface area (Å²) in [7, 11) is -4.13. The number of sulfonamides is 1. The van der Waals surface area contributed by atoms with Gasteiger partial charge in [0.1, 0.15) is 0 Å². The molecule has 8 nitrogen and oxygen atoms in total. The maximum Gasteiger partial charge on any atom is 0.270 e. The van der Waals surface area contributed by atoms with Gasteiger partial charge in [0, 0.05) is 18.7 Å². The molecule has 0 atom stereocenters. The van der Waals surface area contributed by atoms with Crippen molar-refractivity contribution >= 4 is 27.3 Å². The Morgan fingerprint density at radius 3 is 2.45 bits per heavy atom. The maximum atomic E-state index is 12.7. The van der Waals surface area contributed by atoms with Crippen LogP contribution < -0.4 is 10.0 Å². The molecule has 0 unspecified atom stereocenters. The fourth-order valence-electron chi connectivity index (χ4n) is 3.03. The van der Waals surface area contributed by atoms with Crippen LogP contribution in [0.1, 0.15) is 21.5 Å². The monoisotopic (exact) mass is 439 g/mol. The van der Waals surface area contributed by atoms with Crippen molar-refractivity contribution in [1.29, 1.82) is 0 Å². The van der Waals surface area contributed by atoms with Crippen LogP contribution in [-0.2, 0) is 16.4 Å². The number of aryl methyl sites for hydroxylation is 1. The van der Waals surface area contributed by atoms with E-state index in [2.05, 4.69) is 10.0 Å². The first kappa shape index (κ1) is 22.0. The molecule has 0 aliphatic heterocycles.